The predicted octanol–water partition coefficient (Wildman–Crippen LogP) is 2.30. The number of aryl methyl sites for hydroxylation is 1. The summed E-state index contributed by atoms with van der Waals surface area (Å²) in [5, 5.41) is 6.94. The van der Waals surface area contributed by atoms with E-state index in [9.17, 15) is 9.59 Å². The van der Waals surface area contributed by atoms with Gasteiger partial charge in [0.1, 0.15) is 11.5 Å². The molecule has 3 rings (SSSR count). The molecule has 0 spiro atoms. The number of methoxy groups -OCH3 is 2. The van der Waals surface area contributed by atoms with Crippen LogP contribution in [0.2, 0.25) is 0 Å². The highest BCUT2D eigenvalue weighted by atomic mass is 16.5. The van der Waals surface area contributed by atoms with Gasteiger partial charge >= 0.3 is 0 Å². The topological polar surface area (TPSA) is 81.6 Å². The van der Waals surface area contributed by atoms with E-state index >= 15 is 0 Å². The van der Waals surface area contributed by atoms with Gasteiger partial charge in [0.2, 0.25) is 0 Å². The molecule has 0 fully saturated rings. The number of benzene rings is 2. The van der Waals surface area contributed by atoms with Gasteiger partial charge in [-0.1, -0.05) is 6.07 Å². The van der Waals surface area contributed by atoms with Crippen molar-refractivity contribution in [2.24, 2.45) is 7.05 Å². The fourth-order valence-corrected chi connectivity index (χ4v) is 3.47. The van der Waals surface area contributed by atoms with Gasteiger partial charge in [-0.2, -0.15) is 0 Å². The van der Waals surface area contributed by atoms with Crippen molar-refractivity contribution >= 4 is 16.7 Å². The molecular formula is C22H25N3O4. The number of hydrogen-bond donors (Lipinski definition) is 2. The summed E-state index contributed by atoms with van der Waals surface area (Å²) in [6.07, 6.45) is 1.79. The fourth-order valence-electron chi connectivity index (χ4n) is 3.47. The van der Waals surface area contributed by atoms with E-state index in [1.54, 1.807) is 52.7 Å². The Morgan fingerprint density at radius 2 is 1.69 bits per heavy atom. The molecule has 3 aromatic rings. The Labute approximate surface area is 169 Å². The van der Waals surface area contributed by atoms with Crippen LogP contribution in [0.1, 0.15) is 15.9 Å². The van der Waals surface area contributed by atoms with Gasteiger partial charge < -0.3 is 24.7 Å². The van der Waals surface area contributed by atoms with Crippen LogP contribution in [0.5, 0.6) is 11.5 Å². The van der Waals surface area contributed by atoms with Crippen LogP contribution in [0.25, 0.3) is 21.9 Å². The van der Waals surface area contributed by atoms with E-state index in [4.69, 9.17) is 9.47 Å². The van der Waals surface area contributed by atoms with Gasteiger partial charge in [-0.15, -0.1) is 0 Å². The van der Waals surface area contributed by atoms with Gasteiger partial charge in [-0.3, -0.25) is 9.59 Å². The number of amides is 1. The average molecular weight is 395 g/mol. The molecule has 1 amide bonds. The molecule has 0 aliphatic carbocycles. The van der Waals surface area contributed by atoms with Crippen molar-refractivity contribution < 1.29 is 14.3 Å². The highest BCUT2D eigenvalue weighted by molar-refractivity contribution is 6.02. The number of pyridine rings is 1. The molecule has 2 aromatic carbocycles. The van der Waals surface area contributed by atoms with Crippen molar-refractivity contribution in [2.75, 3.05) is 28.3 Å². The Morgan fingerprint density at radius 3 is 2.24 bits per heavy atom. The number of carbonyl (C=O) groups excluding carboxylic acids is 1. The number of aromatic nitrogens is 1. The number of rotatable bonds is 6. The Balaban J connectivity index is 2.31. The summed E-state index contributed by atoms with van der Waals surface area (Å²) in [5.74, 6) is 1.15. The summed E-state index contributed by atoms with van der Waals surface area (Å²) in [4.78, 5) is 24.7. The van der Waals surface area contributed by atoms with Crippen molar-refractivity contribution in [3.8, 4) is 22.6 Å². The summed E-state index contributed by atoms with van der Waals surface area (Å²) < 4.78 is 12.7. The van der Waals surface area contributed by atoms with E-state index in [0.717, 1.165) is 22.1 Å². The molecule has 0 atom stereocenters. The van der Waals surface area contributed by atoms with E-state index in [-0.39, 0.29) is 11.5 Å². The maximum atomic E-state index is 12.7. The predicted molar refractivity (Wildman–Crippen MR) is 114 cm³/mol. The second kappa shape index (κ2) is 8.36. The summed E-state index contributed by atoms with van der Waals surface area (Å²) in [6, 6.07) is 9.01. The maximum absolute atomic E-state index is 12.7. The zero-order valence-corrected chi connectivity index (χ0v) is 17.3. The number of ether oxygens (including phenoxy) is 2. The minimum Gasteiger partial charge on any atom is -0.496 e. The molecule has 7 nitrogen and oxygen atoms in total. The van der Waals surface area contributed by atoms with Gasteiger partial charge in [0.15, 0.2) is 0 Å². The van der Waals surface area contributed by atoms with E-state index in [0.29, 0.717) is 29.0 Å². The lowest BCUT2D eigenvalue weighted by atomic mass is 9.97. The van der Waals surface area contributed by atoms with Crippen molar-refractivity contribution in [3.63, 3.8) is 0 Å². The van der Waals surface area contributed by atoms with Crippen LogP contribution in [0.3, 0.4) is 0 Å². The lowest BCUT2D eigenvalue weighted by Gasteiger charge is -2.17. The number of fused-ring (bicyclic) bond motifs is 1. The van der Waals surface area contributed by atoms with Crippen LogP contribution >= 0.6 is 0 Å². The van der Waals surface area contributed by atoms with Crippen molar-refractivity contribution in [2.45, 2.75) is 6.54 Å². The first kappa shape index (κ1) is 20.4. The fraction of sp³-hybridized carbons (Fsp3) is 0.273. The highest BCUT2D eigenvalue weighted by Crippen LogP contribution is 2.37. The van der Waals surface area contributed by atoms with Crippen molar-refractivity contribution in [3.05, 3.63) is 58.0 Å². The Kier molecular flexibility index (Phi) is 5.89. The van der Waals surface area contributed by atoms with Gasteiger partial charge in [-0.25, -0.2) is 0 Å². The van der Waals surface area contributed by atoms with E-state index in [1.807, 2.05) is 19.2 Å². The standard InChI is InChI=1S/C22H25N3O4/c1-23-11-17-19(28-4)9-14(10-20(17)29-5)18-12-25(3)22(27)16-8-13(21(26)24-2)6-7-15(16)18/h6-10,12,23H,11H2,1-5H3,(H,24,26). The Bertz CT molecular complexity index is 1110. The zero-order valence-electron chi connectivity index (χ0n) is 17.3. The summed E-state index contributed by atoms with van der Waals surface area (Å²) >= 11 is 0. The Morgan fingerprint density at radius 1 is 1.03 bits per heavy atom. The molecule has 152 valence electrons. The van der Waals surface area contributed by atoms with E-state index < -0.39 is 0 Å². The van der Waals surface area contributed by atoms with Crippen LogP contribution in [-0.2, 0) is 13.6 Å². The molecule has 1 aromatic heterocycles. The monoisotopic (exact) mass is 395 g/mol. The molecule has 1 heterocycles. The molecule has 2 N–H and O–H groups in total. The lowest BCUT2D eigenvalue weighted by Crippen LogP contribution is -2.20. The summed E-state index contributed by atoms with van der Waals surface area (Å²) in [7, 11) is 8.35. The first-order valence-corrected chi connectivity index (χ1v) is 9.20. The van der Waals surface area contributed by atoms with Gasteiger partial charge in [0.05, 0.1) is 14.2 Å². The minimum atomic E-state index is -0.237. The molecule has 0 radical (unpaired) electrons. The van der Waals surface area contributed by atoms with Crippen molar-refractivity contribution in [1.29, 1.82) is 0 Å². The largest absolute Gasteiger partial charge is 0.496 e. The third-order valence-corrected chi connectivity index (χ3v) is 4.94. The van der Waals surface area contributed by atoms with Gasteiger partial charge in [-0.05, 0) is 42.3 Å². The SMILES string of the molecule is CNCc1c(OC)cc(-c2cn(C)c(=O)c3cc(C(=O)NC)ccc23)cc1OC. The molecule has 0 saturated carbocycles. The zero-order chi connectivity index (χ0) is 21.1. The lowest BCUT2D eigenvalue weighted by molar-refractivity contribution is 0.0963. The quantitative estimate of drug-likeness (QED) is 0.669. The molecule has 0 aliphatic heterocycles. The number of hydrogen-bond acceptors (Lipinski definition) is 5. The average Bonchev–Trinajstić information content (AvgIpc) is 2.75. The maximum Gasteiger partial charge on any atom is 0.258 e. The summed E-state index contributed by atoms with van der Waals surface area (Å²) in [6.45, 7) is 0.593. The first-order chi connectivity index (χ1) is 13.9. The molecular weight excluding hydrogens is 370 g/mol. The second-order valence-corrected chi connectivity index (χ2v) is 6.69. The molecule has 0 aliphatic rings. The van der Waals surface area contributed by atoms with Crippen LogP contribution < -0.4 is 25.7 Å². The Hall–Kier alpha value is -3.32. The van der Waals surface area contributed by atoms with Crippen LogP contribution in [0, 0.1) is 0 Å². The van der Waals surface area contributed by atoms with Crippen molar-refractivity contribution in [1.82, 2.24) is 15.2 Å². The molecule has 0 saturated heterocycles. The molecule has 7 heteroatoms. The van der Waals surface area contributed by atoms with Gasteiger partial charge in [0, 0.05) is 48.9 Å². The van der Waals surface area contributed by atoms with Crippen LogP contribution in [0.15, 0.2) is 41.3 Å². The van der Waals surface area contributed by atoms with Crippen LogP contribution in [0.4, 0.5) is 0 Å². The van der Waals surface area contributed by atoms with Crippen LogP contribution in [-0.4, -0.2) is 38.8 Å². The molecule has 0 unspecified atom stereocenters. The minimum absolute atomic E-state index is 0.166. The van der Waals surface area contributed by atoms with Gasteiger partial charge in [0.25, 0.3) is 11.5 Å². The highest BCUT2D eigenvalue weighted by Gasteiger charge is 2.17. The van der Waals surface area contributed by atoms with E-state index in [2.05, 4.69) is 10.6 Å². The third-order valence-electron chi connectivity index (χ3n) is 4.94. The third kappa shape index (κ3) is 3.69. The van der Waals surface area contributed by atoms with E-state index in [1.165, 1.54) is 4.57 Å². The number of carbonyl (C=O) groups is 1. The molecule has 0 bridgehead atoms. The smallest absolute Gasteiger partial charge is 0.258 e. The first-order valence-electron chi connectivity index (χ1n) is 9.20. The summed E-state index contributed by atoms with van der Waals surface area (Å²) in [5.41, 5.74) is 2.89. The number of nitrogens with one attached hydrogen (secondary N) is 2. The molecule has 29 heavy (non-hydrogen) atoms. The number of nitrogens with zero attached hydrogens (tertiary/aromatic N) is 1. The normalized spacial score (nSPS) is 10.8. The second-order valence-electron chi connectivity index (χ2n) is 6.69.